The number of allylic oxidation sites excluding steroid dienone is 11. The Hall–Kier alpha value is -6.68. The molecule has 0 amide bonds. The van der Waals surface area contributed by atoms with Crippen molar-refractivity contribution >= 4 is 39.9 Å². The van der Waals surface area contributed by atoms with Crippen molar-refractivity contribution in [2.24, 2.45) is 5.73 Å². The van der Waals surface area contributed by atoms with Gasteiger partial charge >= 0.3 is 0 Å². The van der Waals surface area contributed by atoms with Crippen molar-refractivity contribution in [1.29, 1.82) is 0 Å². The van der Waals surface area contributed by atoms with Gasteiger partial charge in [0, 0.05) is 33.9 Å². The van der Waals surface area contributed by atoms with Crippen LogP contribution < -0.4 is 22.0 Å². The summed E-state index contributed by atoms with van der Waals surface area (Å²) in [5.74, 6) is 0. The Morgan fingerprint density at radius 1 is 0.730 bits per heavy atom. The van der Waals surface area contributed by atoms with Crippen LogP contribution in [-0.2, 0) is 12.0 Å². The van der Waals surface area contributed by atoms with E-state index in [4.69, 9.17) is 11.5 Å². The normalized spacial score (nSPS) is 13.1. The molecule has 0 bridgehead atoms. The molecule has 0 unspecified atom stereocenters. The number of nitrogens with two attached hydrogens (primary N) is 2. The third kappa shape index (κ3) is 11.0. The van der Waals surface area contributed by atoms with Gasteiger partial charge in [0.2, 0.25) is 0 Å². The summed E-state index contributed by atoms with van der Waals surface area (Å²) < 4.78 is 2.33. The van der Waals surface area contributed by atoms with Gasteiger partial charge in [-0.1, -0.05) is 200 Å². The summed E-state index contributed by atoms with van der Waals surface area (Å²) in [5.41, 5.74) is 28.4. The van der Waals surface area contributed by atoms with Crippen LogP contribution >= 0.6 is 0 Å². The zero-order chi connectivity index (χ0) is 46.1. The second-order valence-electron chi connectivity index (χ2n) is 15.3. The molecule has 0 spiro atoms. The Bertz CT molecular complexity index is 2750. The summed E-state index contributed by atoms with van der Waals surface area (Å²) in [7, 11) is 0. The molecule has 3 heteroatoms. The molecule has 324 valence electrons. The van der Waals surface area contributed by atoms with Gasteiger partial charge in [-0.05, 0) is 119 Å². The highest BCUT2D eigenvalue weighted by molar-refractivity contribution is 5.90. The fraction of sp³-hybridized carbons (Fsp3) is 0.200. The standard InChI is InChI=1S/C37H32N2.C13H15N.C6H10.2C2H6/c1-5-30-23(2)37(3,4)34-21-27(16-18-31(30)34)25-14-12-24(13-15-25)26-17-19-36-33(20-26)32-10-7-11-35(32)39(36)29-9-6-8-28(38)22-29;1-3-5-12(4-2)13-8-6-11(10-14)7-9-13;1-3-5-6-4-2;2*1-2/h5-6,8-22H,1,7,38H2,2-4H3;3-9H,1-2,10,14H2;3-6H,1-2H3;2*1-2H3/b;12-5+;5-3-,6-4-;;. The topological polar surface area (TPSA) is 57.0 Å². The Labute approximate surface area is 378 Å². The Morgan fingerprint density at radius 2 is 1.33 bits per heavy atom. The zero-order valence-corrected chi connectivity index (χ0v) is 39.3. The summed E-state index contributed by atoms with van der Waals surface area (Å²) in [6, 6.07) is 39.0. The molecule has 1 aromatic heterocycles. The third-order valence-electron chi connectivity index (χ3n) is 11.4. The molecule has 63 heavy (non-hydrogen) atoms. The maximum absolute atomic E-state index is 6.13. The quantitative estimate of drug-likeness (QED) is 0.113. The van der Waals surface area contributed by atoms with Crippen LogP contribution in [0.1, 0.15) is 91.0 Å². The number of nitrogens with zero attached hydrogens (tertiary/aromatic N) is 1. The Balaban J connectivity index is 0.000000301. The second kappa shape index (κ2) is 23.5. The van der Waals surface area contributed by atoms with Gasteiger partial charge < -0.3 is 16.0 Å². The van der Waals surface area contributed by atoms with Gasteiger partial charge in [0.05, 0.1) is 10.9 Å². The molecular formula is C60H69N3. The van der Waals surface area contributed by atoms with Crippen molar-refractivity contribution in [3.63, 3.8) is 0 Å². The molecule has 4 N–H and O–H groups in total. The van der Waals surface area contributed by atoms with E-state index in [0.29, 0.717) is 6.54 Å². The Morgan fingerprint density at radius 3 is 1.89 bits per heavy atom. The molecule has 0 fully saturated rings. The minimum absolute atomic E-state index is 0.0147. The van der Waals surface area contributed by atoms with Crippen molar-refractivity contribution < 1.29 is 0 Å². The lowest BCUT2D eigenvalue weighted by Crippen LogP contribution is -2.25. The van der Waals surface area contributed by atoms with E-state index >= 15 is 0 Å². The van der Waals surface area contributed by atoms with Crippen molar-refractivity contribution in [2.75, 3.05) is 5.73 Å². The first kappa shape index (κ1) is 49.0. The zero-order valence-electron chi connectivity index (χ0n) is 39.3. The molecule has 5 aromatic carbocycles. The van der Waals surface area contributed by atoms with Crippen molar-refractivity contribution in [3.8, 4) is 27.9 Å². The fourth-order valence-electron chi connectivity index (χ4n) is 7.96. The molecule has 3 nitrogen and oxygen atoms in total. The van der Waals surface area contributed by atoms with Gasteiger partial charge in [0.25, 0.3) is 0 Å². The summed E-state index contributed by atoms with van der Waals surface area (Å²) in [6.45, 7) is 30.9. The van der Waals surface area contributed by atoms with E-state index in [2.05, 4.69) is 124 Å². The maximum atomic E-state index is 6.13. The van der Waals surface area contributed by atoms with Gasteiger partial charge in [-0.15, -0.1) is 0 Å². The van der Waals surface area contributed by atoms with Gasteiger partial charge in [-0.2, -0.15) is 0 Å². The predicted octanol–water partition coefficient (Wildman–Crippen LogP) is 14.9. The smallest absolute Gasteiger partial charge is 0.0541 e. The minimum Gasteiger partial charge on any atom is -0.399 e. The first-order chi connectivity index (χ1) is 30.6. The number of aromatic nitrogens is 1. The largest absolute Gasteiger partial charge is 0.399 e. The highest BCUT2D eigenvalue weighted by atomic mass is 15.0. The summed E-state index contributed by atoms with van der Waals surface area (Å²) in [6.07, 6.45) is 21.1. The molecule has 2 aliphatic rings. The molecule has 0 radical (unpaired) electrons. The van der Waals surface area contributed by atoms with Crippen LogP contribution in [0.2, 0.25) is 0 Å². The molecule has 0 aliphatic heterocycles. The van der Waals surface area contributed by atoms with Crippen LogP contribution in [0.4, 0.5) is 5.69 Å². The first-order valence-corrected chi connectivity index (χ1v) is 22.4. The Kier molecular flexibility index (Phi) is 18.3. The van der Waals surface area contributed by atoms with Gasteiger partial charge in [-0.25, -0.2) is 0 Å². The van der Waals surface area contributed by atoms with Crippen LogP contribution in [0.15, 0.2) is 183 Å². The van der Waals surface area contributed by atoms with Crippen molar-refractivity contribution in [2.45, 2.75) is 80.7 Å². The van der Waals surface area contributed by atoms with Crippen molar-refractivity contribution in [3.05, 3.63) is 216 Å². The number of anilines is 1. The summed E-state index contributed by atoms with van der Waals surface area (Å²) >= 11 is 0. The van der Waals surface area contributed by atoms with E-state index in [1.54, 1.807) is 6.08 Å². The van der Waals surface area contributed by atoms with E-state index in [9.17, 15) is 0 Å². The van der Waals surface area contributed by atoms with Gasteiger partial charge in [-0.3, -0.25) is 0 Å². The lowest BCUT2D eigenvalue weighted by Gasteiger charge is -2.23. The summed E-state index contributed by atoms with van der Waals surface area (Å²) in [4.78, 5) is 0. The monoisotopic (exact) mass is 832 g/mol. The van der Waals surface area contributed by atoms with Crippen molar-refractivity contribution in [1.82, 2.24) is 4.57 Å². The number of nitrogen functional groups attached to an aromatic ring is 1. The minimum atomic E-state index is 0.0147. The molecular weight excluding hydrogens is 763 g/mol. The average Bonchev–Trinajstić information content (AvgIpc) is 3.98. The molecule has 0 saturated heterocycles. The number of rotatable bonds is 9. The van der Waals surface area contributed by atoms with Crippen LogP contribution in [0, 0.1) is 0 Å². The molecule has 1 heterocycles. The highest BCUT2D eigenvalue weighted by Gasteiger charge is 2.34. The van der Waals surface area contributed by atoms with E-state index in [1.807, 2.05) is 127 Å². The second-order valence-corrected chi connectivity index (χ2v) is 15.3. The van der Waals surface area contributed by atoms with Gasteiger partial charge in [0.1, 0.15) is 0 Å². The molecule has 6 aromatic rings. The number of hydrogen-bond acceptors (Lipinski definition) is 2. The first-order valence-electron chi connectivity index (χ1n) is 22.4. The average molecular weight is 832 g/mol. The SMILES string of the molecule is C/C=C\C=C/C.C=C/C=C(\C=C)c1ccc(CN)cc1.C=CC1=C(C)C(C)(C)c2cc(-c3ccc(-c4ccc5c(c4)c4c(n5-c5cccc(N)c5)=CCC=4)cc3)ccc21.CC.CC. The molecule has 8 rings (SSSR count). The van der Waals surface area contributed by atoms with E-state index in [1.165, 1.54) is 66.0 Å². The molecule has 0 saturated carbocycles. The fourth-order valence-corrected chi connectivity index (χ4v) is 7.96. The maximum Gasteiger partial charge on any atom is 0.0541 e. The van der Waals surface area contributed by atoms with Crippen LogP contribution in [0.5, 0.6) is 0 Å². The lowest BCUT2D eigenvalue weighted by molar-refractivity contribution is 0.639. The predicted molar refractivity (Wildman–Crippen MR) is 282 cm³/mol. The summed E-state index contributed by atoms with van der Waals surface area (Å²) in [5, 5.41) is 3.85. The van der Waals surface area contributed by atoms with Gasteiger partial charge in [0.15, 0.2) is 0 Å². The lowest BCUT2D eigenvalue weighted by atomic mass is 9.81. The number of hydrogen-bond donors (Lipinski definition) is 2. The number of benzene rings is 5. The van der Waals surface area contributed by atoms with E-state index in [-0.39, 0.29) is 5.41 Å². The third-order valence-corrected chi connectivity index (χ3v) is 11.4. The van der Waals surface area contributed by atoms with E-state index < -0.39 is 0 Å². The van der Waals surface area contributed by atoms with Crippen LogP contribution in [-0.4, -0.2) is 4.57 Å². The van der Waals surface area contributed by atoms with Crippen LogP contribution in [0.25, 0.3) is 62.1 Å². The van der Waals surface area contributed by atoms with E-state index in [0.717, 1.165) is 34.5 Å². The number of fused-ring (bicyclic) bond motifs is 4. The molecule has 2 aliphatic carbocycles. The molecule has 0 atom stereocenters. The highest BCUT2D eigenvalue weighted by Crippen LogP contribution is 2.47. The van der Waals surface area contributed by atoms with Crippen LogP contribution in [0.3, 0.4) is 0 Å².